The maximum atomic E-state index is 12.4. The lowest BCUT2D eigenvalue weighted by molar-refractivity contribution is 0.0844. The predicted octanol–water partition coefficient (Wildman–Crippen LogP) is 3.86. The smallest absolute Gasteiger partial charge is 0.273 e. The monoisotopic (exact) mass is 420 g/mol. The number of ether oxygens (including phenoxy) is 3. The molecule has 0 fully saturated rings. The third-order valence-electron chi connectivity index (χ3n) is 4.08. The van der Waals surface area contributed by atoms with Crippen LogP contribution in [0.5, 0.6) is 17.2 Å². The summed E-state index contributed by atoms with van der Waals surface area (Å²) in [7, 11) is 2.93. The van der Waals surface area contributed by atoms with Crippen molar-refractivity contribution >= 4 is 23.4 Å². The van der Waals surface area contributed by atoms with Crippen LogP contribution in [-0.4, -0.2) is 32.6 Å². The number of hydrogen-bond acceptors (Lipinski definition) is 5. The molecule has 0 bridgehead atoms. The molecular formula is C21H25ClN2O5. The second kappa shape index (κ2) is 10.6. The molecule has 2 aromatic carbocycles. The van der Waals surface area contributed by atoms with Crippen molar-refractivity contribution in [3.63, 3.8) is 0 Å². The number of amides is 2. The second-order valence-electron chi connectivity index (χ2n) is 6.65. The first-order chi connectivity index (χ1) is 13.8. The maximum Gasteiger partial charge on any atom is 0.273 e. The van der Waals surface area contributed by atoms with E-state index in [2.05, 4.69) is 24.7 Å². The van der Waals surface area contributed by atoms with Crippen LogP contribution < -0.4 is 25.1 Å². The number of nitrogens with one attached hydrogen (secondary N) is 2. The lowest BCUT2D eigenvalue weighted by Crippen LogP contribution is -2.41. The average Bonchev–Trinajstić information content (AvgIpc) is 2.71. The van der Waals surface area contributed by atoms with Gasteiger partial charge in [0, 0.05) is 10.6 Å². The van der Waals surface area contributed by atoms with E-state index in [4.69, 9.17) is 25.8 Å². The van der Waals surface area contributed by atoms with Gasteiger partial charge in [-0.25, -0.2) is 0 Å². The first kappa shape index (κ1) is 22.4. The molecule has 2 rings (SSSR count). The van der Waals surface area contributed by atoms with Crippen LogP contribution in [0.25, 0.3) is 0 Å². The zero-order chi connectivity index (χ0) is 21.4. The Bertz CT molecular complexity index is 870. The van der Waals surface area contributed by atoms with E-state index >= 15 is 0 Å². The number of carbonyl (C=O) groups excluding carboxylic acids is 2. The van der Waals surface area contributed by atoms with E-state index in [0.717, 1.165) is 6.42 Å². The molecule has 8 heteroatoms. The van der Waals surface area contributed by atoms with E-state index in [1.807, 2.05) is 0 Å². The van der Waals surface area contributed by atoms with Gasteiger partial charge in [0.25, 0.3) is 11.8 Å². The highest BCUT2D eigenvalue weighted by Gasteiger charge is 2.15. The summed E-state index contributed by atoms with van der Waals surface area (Å²) < 4.78 is 16.2. The third kappa shape index (κ3) is 6.29. The number of hydrogen-bond donors (Lipinski definition) is 2. The van der Waals surface area contributed by atoms with Crippen molar-refractivity contribution < 1.29 is 23.8 Å². The fraction of sp³-hybridized carbons (Fsp3) is 0.333. The standard InChI is InChI=1S/C21H25ClN2O5/c1-13(2)9-10-29-17-8-5-14(11-19(17)28-4)20(25)23-24-21(26)16-7-6-15(22)12-18(16)27-3/h5-8,11-13H,9-10H2,1-4H3,(H,23,25)(H,24,26). The summed E-state index contributed by atoms with van der Waals surface area (Å²) in [6.07, 6.45) is 0.908. The Morgan fingerprint density at radius 1 is 0.931 bits per heavy atom. The molecule has 0 atom stereocenters. The van der Waals surface area contributed by atoms with Gasteiger partial charge in [0.2, 0.25) is 0 Å². The van der Waals surface area contributed by atoms with Gasteiger partial charge in [0.1, 0.15) is 5.75 Å². The number of carbonyl (C=O) groups is 2. The normalized spacial score (nSPS) is 10.4. The zero-order valence-electron chi connectivity index (χ0n) is 16.9. The van der Waals surface area contributed by atoms with Crippen molar-refractivity contribution in [3.05, 3.63) is 52.5 Å². The average molecular weight is 421 g/mol. The SMILES string of the molecule is COc1cc(C(=O)NNC(=O)c2ccc(Cl)cc2OC)ccc1OCCC(C)C. The van der Waals surface area contributed by atoms with Crippen molar-refractivity contribution in [1.82, 2.24) is 10.9 Å². The first-order valence-electron chi connectivity index (χ1n) is 9.10. The van der Waals surface area contributed by atoms with E-state index in [1.165, 1.54) is 26.4 Å². The second-order valence-corrected chi connectivity index (χ2v) is 7.09. The van der Waals surface area contributed by atoms with E-state index in [-0.39, 0.29) is 5.56 Å². The molecule has 0 aliphatic heterocycles. The predicted molar refractivity (Wildman–Crippen MR) is 111 cm³/mol. The highest BCUT2D eigenvalue weighted by atomic mass is 35.5. The van der Waals surface area contributed by atoms with E-state index in [1.54, 1.807) is 24.3 Å². The van der Waals surface area contributed by atoms with Crippen LogP contribution in [0, 0.1) is 5.92 Å². The van der Waals surface area contributed by atoms with E-state index in [9.17, 15) is 9.59 Å². The minimum absolute atomic E-state index is 0.240. The summed E-state index contributed by atoms with van der Waals surface area (Å²) in [6.45, 7) is 4.78. The van der Waals surface area contributed by atoms with Crippen molar-refractivity contribution in [2.45, 2.75) is 20.3 Å². The van der Waals surface area contributed by atoms with Crippen molar-refractivity contribution in [2.75, 3.05) is 20.8 Å². The number of halogens is 1. The Balaban J connectivity index is 2.02. The molecule has 0 aliphatic rings. The van der Waals surface area contributed by atoms with Crippen LogP contribution in [0.1, 0.15) is 41.0 Å². The highest BCUT2D eigenvalue weighted by Crippen LogP contribution is 2.28. The minimum atomic E-state index is -0.535. The summed E-state index contributed by atoms with van der Waals surface area (Å²) in [5.41, 5.74) is 5.27. The lowest BCUT2D eigenvalue weighted by atomic mass is 10.1. The van der Waals surface area contributed by atoms with E-state index in [0.29, 0.717) is 40.4 Å². The topological polar surface area (TPSA) is 85.9 Å². The molecule has 0 unspecified atom stereocenters. The third-order valence-corrected chi connectivity index (χ3v) is 4.31. The summed E-state index contributed by atoms with van der Waals surface area (Å²) in [5.74, 6) is 0.778. The number of methoxy groups -OCH3 is 2. The number of hydrazine groups is 1. The minimum Gasteiger partial charge on any atom is -0.496 e. The molecule has 0 aromatic heterocycles. The van der Waals surface area contributed by atoms with Gasteiger partial charge >= 0.3 is 0 Å². The van der Waals surface area contributed by atoms with Gasteiger partial charge in [-0.1, -0.05) is 25.4 Å². The Kier molecular flexibility index (Phi) is 8.15. The number of benzene rings is 2. The molecular weight excluding hydrogens is 396 g/mol. The van der Waals surface area contributed by atoms with Crippen molar-refractivity contribution in [3.8, 4) is 17.2 Å². The van der Waals surface area contributed by atoms with Crippen LogP contribution in [0.2, 0.25) is 5.02 Å². The first-order valence-corrected chi connectivity index (χ1v) is 9.48. The number of rotatable bonds is 8. The van der Waals surface area contributed by atoms with Gasteiger partial charge < -0.3 is 14.2 Å². The molecule has 2 aromatic rings. The summed E-state index contributed by atoms with van der Waals surface area (Å²) in [5, 5.41) is 0.435. The van der Waals surface area contributed by atoms with Crippen LogP contribution >= 0.6 is 11.6 Å². The summed E-state index contributed by atoms with van der Waals surface area (Å²) >= 11 is 5.89. The molecule has 156 valence electrons. The molecule has 0 saturated carbocycles. The Hall–Kier alpha value is -2.93. The van der Waals surface area contributed by atoms with Crippen LogP contribution in [0.4, 0.5) is 0 Å². The largest absolute Gasteiger partial charge is 0.496 e. The van der Waals surface area contributed by atoms with Crippen LogP contribution in [-0.2, 0) is 0 Å². The summed E-state index contributed by atoms with van der Waals surface area (Å²) in [4.78, 5) is 24.7. The van der Waals surface area contributed by atoms with Gasteiger partial charge in [0.05, 0.1) is 26.4 Å². The van der Waals surface area contributed by atoms with Crippen molar-refractivity contribution in [2.24, 2.45) is 5.92 Å². The Labute approximate surface area is 175 Å². The fourth-order valence-corrected chi connectivity index (χ4v) is 2.60. The fourth-order valence-electron chi connectivity index (χ4n) is 2.44. The maximum absolute atomic E-state index is 12.4. The highest BCUT2D eigenvalue weighted by molar-refractivity contribution is 6.30. The Morgan fingerprint density at radius 2 is 1.62 bits per heavy atom. The molecule has 0 saturated heterocycles. The Morgan fingerprint density at radius 3 is 2.28 bits per heavy atom. The van der Waals surface area contributed by atoms with Crippen LogP contribution in [0.15, 0.2) is 36.4 Å². The van der Waals surface area contributed by atoms with Gasteiger partial charge in [0.15, 0.2) is 11.5 Å². The van der Waals surface area contributed by atoms with Gasteiger partial charge in [-0.3, -0.25) is 20.4 Å². The molecule has 0 radical (unpaired) electrons. The molecule has 0 aliphatic carbocycles. The van der Waals surface area contributed by atoms with Gasteiger partial charge in [-0.15, -0.1) is 0 Å². The van der Waals surface area contributed by atoms with Crippen LogP contribution in [0.3, 0.4) is 0 Å². The zero-order valence-corrected chi connectivity index (χ0v) is 17.6. The van der Waals surface area contributed by atoms with Gasteiger partial charge in [-0.05, 0) is 48.7 Å². The van der Waals surface area contributed by atoms with Gasteiger partial charge in [-0.2, -0.15) is 0 Å². The molecule has 0 spiro atoms. The quantitative estimate of drug-likeness (QED) is 0.633. The van der Waals surface area contributed by atoms with E-state index < -0.39 is 11.8 Å². The molecule has 7 nitrogen and oxygen atoms in total. The lowest BCUT2D eigenvalue weighted by Gasteiger charge is -2.14. The summed E-state index contributed by atoms with van der Waals surface area (Å²) in [6, 6.07) is 9.39. The molecule has 29 heavy (non-hydrogen) atoms. The van der Waals surface area contributed by atoms with Crippen molar-refractivity contribution in [1.29, 1.82) is 0 Å². The molecule has 0 heterocycles. The molecule has 2 amide bonds. The molecule has 2 N–H and O–H groups in total.